The molecule has 0 radical (unpaired) electrons. The highest BCUT2D eigenvalue weighted by Crippen LogP contribution is 2.25. The van der Waals surface area contributed by atoms with Crippen LogP contribution in [-0.2, 0) is 17.6 Å². The van der Waals surface area contributed by atoms with Gasteiger partial charge in [0.2, 0.25) is 0 Å². The summed E-state index contributed by atoms with van der Waals surface area (Å²) >= 11 is 0. The Balaban J connectivity index is 1.36. The SMILES string of the molecule is Cc1ncc([C@H](CC(=O)O)n2ccc(CCC[C@@H]3CCc4cccnc4N3)n2)cn1. The molecule has 4 heterocycles. The van der Waals surface area contributed by atoms with Crippen molar-refractivity contribution in [1.82, 2.24) is 24.7 Å². The lowest BCUT2D eigenvalue weighted by molar-refractivity contribution is -0.137. The number of fused-ring (bicyclic) bond motifs is 1. The molecule has 0 spiro atoms. The summed E-state index contributed by atoms with van der Waals surface area (Å²) in [6, 6.07) is 6.09. The predicted octanol–water partition coefficient (Wildman–Crippen LogP) is 3.19. The molecule has 30 heavy (non-hydrogen) atoms. The van der Waals surface area contributed by atoms with Gasteiger partial charge in [-0.25, -0.2) is 15.0 Å². The van der Waals surface area contributed by atoms with Gasteiger partial charge in [0, 0.05) is 36.4 Å². The molecule has 0 unspecified atom stereocenters. The molecule has 2 N–H and O–H groups in total. The second-order valence-corrected chi connectivity index (χ2v) is 7.75. The van der Waals surface area contributed by atoms with Crippen molar-refractivity contribution in [2.75, 3.05) is 5.32 Å². The first kappa shape index (κ1) is 20.0. The van der Waals surface area contributed by atoms with Crippen LogP contribution in [0, 0.1) is 6.92 Å². The molecule has 1 aliphatic heterocycles. The molecule has 4 rings (SSSR count). The summed E-state index contributed by atoms with van der Waals surface area (Å²) in [6.45, 7) is 1.80. The number of hydrogen-bond donors (Lipinski definition) is 2. The van der Waals surface area contributed by atoms with Crippen molar-refractivity contribution in [3.05, 3.63) is 65.6 Å². The van der Waals surface area contributed by atoms with Gasteiger partial charge in [-0.2, -0.15) is 5.10 Å². The predicted molar refractivity (Wildman–Crippen MR) is 112 cm³/mol. The Morgan fingerprint density at radius 2 is 2.13 bits per heavy atom. The van der Waals surface area contributed by atoms with Crippen LogP contribution in [0.5, 0.6) is 0 Å². The molecule has 0 fully saturated rings. The number of anilines is 1. The summed E-state index contributed by atoms with van der Waals surface area (Å²) < 4.78 is 1.72. The summed E-state index contributed by atoms with van der Waals surface area (Å²) in [7, 11) is 0. The van der Waals surface area contributed by atoms with Crippen LogP contribution in [0.2, 0.25) is 0 Å². The number of aryl methyl sites for hydroxylation is 3. The quantitative estimate of drug-likeness (QED) is 0.592. The van der Waals surface area contributed by atoms with Gasteiger partial charge in [-0.05, 0) is 56.7 Å². The average molecular weight is 406 g/mol. The van der Waals surface area contributed by atoms with Crippen molar-refractivity contribution >= 4 is 11.8 Å². The van der Waals surface area contributed by atoms with E-state index in [0.717, 1.165) is 49.2 Å². The van der Waals surface area contributed by atoms with Gasteiger partial charge in [0.05, 0.1) is 18.2 Å². The maximum atomic E-state index is 11.4. The number of aliphatic carboxylic acids is 1. The molecule has 1 aliphatic rings. The molecule has 2 atom stereocenters. The number of nitrogens with zero attached hydrogens (tertiary/aromatic N) is 5. The molecule has 3 aromatic rings. The van der Waals surface area contributed by atoms with E-state index in [0.29, 0.717) is 11.9 Å². The smallest absolute Gasteiger partial charge is 0.305 e. The van der Waals surface area contributed by atoms with Crippen LogP contribution >= 0.6 is 0 Å². The van der Waals surface area contributed by atoms with E-state index >= 15 is 0 Å². The minimum Gasteiger partial charge on any atom is -0.481 e. The Labute approximate surface area is 175 Å². The van der Waals surface area contributed by atoms with Gasteiger partial charge >= 0.3 is 5.97 Å². The van der Waals surface area contributed by atoms with Crippen LogP contribution in [0.25, 0.3) is 0 Å². The van der Waals surface area contributed by atoms with Crippen molar-refractivity contribution in [2.45, 2.75) is 57.5 Å². The summed E-state index contributed by atoms with van der Waals surface area (Å²) in [5, 5.41) is 17.5. The van der Waals surface area contributed by atoms with E-state index in [1.807, 2.05) is 24.5 Å². The lowest BCUT2D eigenvalue weighted by atomic mass is 9.97. The van der Waals surface area contributed by atoms with E-state index in [-0.39, 0.29) is 6.42 Å². The highest BCUT2D eigenvalue weighted by Gasteiger charge is 2.20. The minimum atomic E-state index is -0.880. The number of nitrogens with one attached hydrogen (secondary N) is 1. The van der Waals surface area contributed by atoms with Crippen LogP contribution in [0.15, 0.2) is 43.0 Å². The Morgan fingerprint density at radius 1 is 1.30 bits per heavy atom. The van der Waals surface area contributed by atoms with Crippen molar-refractivity contribution in [2.24, 2.45) is 0 Å². The summed E-state index contributed by atoms with van der Waals surface area (Å²) in [5.74, 6) is 0.785. The molecule has 0 aromatic carbocycles. The van der Waals surface area contributed by atoms with Gasteiger partial charge in [-0.1, -0.05) is 6.07 Å². The number of carboxylic acids is 1. The molecule has 156 valence electrons. The first-order chi connectivity index (χ1) is 14.6. The van der Waals surface area contributed by atoms with Gasteiger partial charge in [-0.15, -0.1) is 0 Å². The molecule has 0 aliphatic carbocycles. The zero-order valence-electron chi connectivity index (χ0n) is 17.0. The molecule has 0 amide bonds. The Hall–Kier alpha value is -3.29. The fraction of sp³-hybridized carbons (Fsp3) is 0.409. The van der Waals surface area contributed by atoms with Crippen LogP contribution in [0.1, 0.15) is 54.4 Å². The van der Waals surface area contributed by atoms with Gasteiger partial charge < -0.3 is 10.4 Å². The van der Waals surface area contributed by atoms with E-state index in [1.165, 1.54) is 5.56 Å². The van der Waals surface area contributed by atoms with Gasteiger partial charge in [0.15, 0.2) is 0 Å². The third kappa shape index (κ3) is 4.82. The number of carbonyl (C=O) groups is 1. The summed E-state index contributed by atoms with van der Waals surface area (Å²) in [6.07, 6.45) is 12.1. The van der Waals surface area contributed by atoms with E-state index in [4.69, 9.17) is 0 Å². The fourth-order valence-electron chi connectivity index (χ4n) is 3.90. The molecule has 8 nitrogen and oxygen atoms in total. The number of carboxylic acid groups (broad SMARTS) is 1. The first-order valence-electron chi connectivity index (χ1n) is 10.3. The molecule has 8 heteroatoms. The molecular formula is C22H26N6O2. The second-order valence-electron chi connectivity index (χ2n) is 7.75. The van der Waals surface area contributed by atoms with Gasteiger partial charge in [0.25, 0.3) is 0 Å². The summed E-state index contributed by atoms with van der Waals surface area (Å²) in [4.78, 5) is 24.2. The number of pyridine rings is 1. The number of hydrogen-bond acceptors (Lipinski definition) is 6. The molecular weight excluding hydrogens is 380 g/mol. The van der Waals surface area contributed by atoms with Gasteiger partial charge in [0.1, 0.15) is 11.6 Å². The first-order valence-corrected chi connectivity index (χ1v) is 10.3. The van der Waals surface area contributed by atoms with E-state index in [1.54, 1.807) is 24.0 Å². The summed E-state index contributed by atoms with van der Waals surface area (Å²) in [5.41, 5.74) is 3.00. The third-order valence-electron chi connectivity index (χ3n) is 5.52. The topological polar surface area (TPSA) is 106 Å². The molecule has 0 saturated heterocycles. The maximum absolute atomic E-state index is 11.4. The average Bonchev–Trinajstić information content (AvgIpc) is 3.21. The zero-order chi connectivity index (χ0) is 20.9. The maximum Gasteiger partial charge on any atom is 0.305 e. The molecule has 3 aromatic heterocycles. The van der Waals surface area contributed by atoms with Crippen LogP contribution in [-0.4, -0.2) is 41.9 Å². The largest absolute Gasteiger partial charge is 0.481 e. The van der Waals surface area contributed by atoms with E-state index < -0.39 is 12.0 Å². The van der Waals surface area contributed by atoms with Crippen molar-refractivity contribution in [1.29, 1.82) is 0 Å². The van der Waals surface area contributed by atoms with Gasteiger partial charge in [-0.3, -0.25) is 9.48 Å². The van der Waals surface area contributed by atoms with Crippen LogP contribution < -0.4 is 5.32 Å². The highest BCUT2D eigenvalue weighted by molar-refractivity contribution is 5.68. The van der Waals surface area contributed by atoms with Crippen molar-refractivity contribution in [3.63, 3.8) is 0 Å². The Kier molecular flexibility index (Phi) is 6.02. The van der Waals surface area contributed by atoms with E-state index in [2.05, 4.69) is 31.4 Å². The fourth-order valence-corrected chi connectivity index (χ4v) is 3.90. The molecule has 0 bridgehead atoms. The van der Waals surface area contributed by atoms with Crippen LogP contribution in [0.4, 0.5) is 5.82 Å². The normalized spacial score (nSPS) is 16.5. The zero-order valence-corrected chi connectivity index (χ0v) is 17.0. The van der Waals surface area contributed by atoms with Crippen molar-refractivity contribution in [3.8, 4) is 0 Å². The standard InChI is InChI=1S/C22H26N6O2/c1-15-24-13-17(14-25-15)20(12-21(29)30)28-11-9-19(27-28)6-2-5-18-8-7-16-4-3-10-23-22(16)26-18/h3-4,9-11,13-14,18,20H,2,5-8,12H2,1H3,(H,23,26)(H,29,30)/t18-,20+/m1/s1. The van der Waals surface area contributed by atoms with Crippen molar-refractivity contribution < 1.29 is 9.90 Å². The Morgan fingerprint density at radius 3 is 2.93 bits per heavy atom. The van der Waals surface area contributed by atoms with E-state index in [9.17, 15) is 9.90 Å². The number of rotatable bonds is 8. The lowest BCUT2D eigenvalue weighted by Crippen LogP contribution is -2.26. The Bertz CT molecular complexity index is 1000. The number of aromatic nitrogens is 5. The van der Waals surface area contributed by atoms with Crippen LogP contribution in [0.3, 0.4) is 0 Å². The highest BCUT2D eigenvalue weighted by atomic mass is 16.4. The minimum absolute atomic E-state index is 0.0635. The second kappa shape index (κ2) is 9.02. The third-order valence-corrected chi connectivity index (χ3v) is 5.52. The lowest BCUT2D eigenvalue weighted by Gasteiger charge is -2.25. The molecule has 0 saturated carbocycles. The monoisotopic (exact) mass is 406 g/mol.